The standard InChI is InChI=1S/C27H36OSi.3CH3.Ti/c1-17-14-23(27(3,4)5)25(28)24(15-17)29(6,7)26-18(2)16-22-20-11-9-8-10-19(20)12-13-21(22)26;;;;/h8-15,18,21-22,26,28H,16H2,1-7H3;3*1H3;/q;3*-1;+3/t18-,21?,22?,26?;;;;/m1..../s1. The minimum Gasteiger partial charge on any atom is -0.508 e. The Hall–Kier alpha value is -1.09. The second-order valence-electron chi connectivity index (χ2n) is 11.1. The molecular formula is C30H45OSiTi. The van der Waals surface area contributed by atoms with Crippen LogP contribution in [0.2, 0.25) is 18.6 Å². The molecule has 33 heavy (non-hydrogen) atoms. The number of aryl methyl sites for hydroxylation is 1. The van der Waals surface area contributed by atoms with E-state index in [2.05, 4.69) is 96.3 Å². The fraction of sp³-hybridized carbons (Fsp3) is 0.433. The van der Waals surface area contributed by atoms with Crippen LogP contribution in [-0.2, 0) is 27.1 Å². The molecular weight excluding hydrogens is 452 g/mol. The monoisotopic (exact) mass is 497 g/mol. The Morgan fingerprint density at radius 2 is 1.61 bits per heavy atom. The van der Waals surface area contributed by atoms with E-state index in [1.54, 1.807) is 0 Å². The van der Waals surface area contributed by atoms with Crippen molar-refractivity contribution in [3.05, 3.63) is 87.0 Å². The van der Waals surface area contributed by atoms with E-state index in [0.29, 0.717) is 29.0 Å². The summed E-state index contributed by atoms with van der Waals surface area (Å²) in [6.07, 6.45) is 6.10. The maximum absolute atomic E-state index is 11.4. The van der Waals surface area contributed by atoms with Gasteiger partial charge in [-0.15, -0.1) is 0 Å². The molecule has 2 aliphatic rings. The number of phenolic OH excluding ortho intramolecular Hbond substituents is 1. The fourth-order valence-electron chi connectivity index (χ4n) is 6.35. The third-order valence-electron chi connectivity index (χ3n) is 7.60. The van der Waals surface area contributed by atoms with Gasteiger partial charge in [0.1, 0.15) is 5.75 Å². The van der Waals surface area contributed by atoms with Gasteiger partial charge in [-0.05, 0) is 63.9 Å². The number of phenols is 1. The molecule has 1 saturated carbocycles. The van der Waals surface area contributed by atoms with E-state index in [0.717, 1.165) is 5.56 Å². The predicted molar refractivity (Wildman–Crippen MR) is 147 cm³/mol. The third-order valence-corrected chi connectivity index (χ3v) is 12.0. The van der Waals surface area contributed by atoms with Crippen LogP contribution in [0, 0.1) is 41.0 Å². The molecule has 0 saturated heterocycles. The summed E-state index contributed by atoms with van der Waals surface area (Å²) in [4.78, 5) is 0. The van der Waals surface area contributed by atoms with Gasteiger partial charge in [0.2, 0.25) is 0 Å². The molecule has 179 valence electrons. The molecule has 1 fully saturated rings. The number of rotatable bonds is 2. The summed E-state index contributed by atoms with van der Waals surface area (Å²) >= 11 is 0. The van der Waals surface area contributed by atoms with Gasteiger partial charge < -0.3 is 27.4 Å². The second-order valence-corrected chi connectivity index (χ2v) is 15.7. The van der Waals surface area contributed by atoms with Gasteiger partial charge in [-0.2, -0.15) is 0 Å². The largest absolute Gasteiger partial charge is 3.00 e. The van der Waals surface area contributed by atoms with E-state index in [9.17, 15) is 5.11 Å². The number of fused-ring (bicyclic) bond motifs is 3. The number of aromatic hydroxyl groups is 1. The summed E-state index contributed by atoms with van der Waals surface area (Å²) in [5, 5.41) is 12.7. The molecule has 1 nitrogen and oxygen atoms in total. The van der Waals surface area contributed by atoms with Crippen LogP contribution < -0.4 is 5.19 Å². The SMILES string of the molecule is Cc1cc(C(C)(C)C)c(O)c([Si](C)(C)C2C3C=Cc4ccccc4C3C[C@H]2C)c1.[CH3-].[CH3-].[CH3-].[Ti+3]. The Bertz CT molecular complexity index is 970. The second kappa shape index (κ2) is 11.1. The summed E-state index contributed by atoms with van der Waals surface area (Å²) in [6.45, 7) is 16.2. The molecule has 0 aromatic heterocycles. The summed E-state index contributed by atoms with van der Waals surface area (Å²) in [7, 11) is -1.93. The molecule has 2 aliphatic carbocycles. The fourth-order valence-corrected chi connectivity index (χ4v) is 10.9. The van der Waals surface area contributed by atoms with Crippen molar-refractivity contribution in [3.63, 3.8) is 0 Å². The van der Waals surface area contributed by atoms with Gasteiger partial charge >= 0.3 is 21.7 Å². The number of benzene rings is 2. The third kappa shape index (κ3) is 5.44. The van der Waals surface area contributed by atoms with Crippen LogP contribution in [0.1, 0.15) is 62.3 Å². The van der Waals surface area contributed by atoms with Crippen LogP contribution in [0.4, 0.5) is 0 Å². The molecule has 0 aliphatic heterocycles. The van der Waals surface area contributed by atoms with Crippen molar-refractivity contribution in [1.82, 2.24) is 0 Å². The minimum absolute atomic E-state index is 0. The summed E-state index contributed by atoms with van der Waals surface area (Å²) in [5.41, 5.74) is 5.88. The van der Waals surface area contributed by atoms with Gasteiger partial charge in [0.25, 0.3) is 0 Å². The van der Waals surface area contributed by atoms with Crippen LogP contribution in [0.25, 0.3) is 6.08 Å². The maximum atomic E-state index is 11.4. The molecule has 4 atom stereocenters. The summed E-state index contributed by atoms with van der Waals surface area (Å²) in [5.74, 6) is 2.44. The van der Waals surface area contributed by atoms with Gasteiger partial charge in [-0.25, -0.2) is 0 Å². The number of hydrogen-bond donors (Lipinski definition) is 1. The van der Waals surface area contributed by atoms with E-state index < -0.39 is 8.07 Å². The number of allylic oxidation sites excluding steroid dienone is 1. The van der Waals surface area contributed by atoms with Crippen molar-refractivity contribution in [3.8, 4) is 5.75 Å². The Labute approximate surface area is 221 Å². The average molecular weight is 498 g/mol. The van der Waals surface area contributed by atoms with Crippen molar-refractivity contribution in [2.45, 2.75) is 71.0 Å². The zero-order valence-electron chi connectivity index (χ0n) is 22.6. The topological polar surface area (TPSA) is 20.2 Å². The normalized spacial score (nSPS) is 23.1. The van der Waals surface area contributed by atoms with Crippen molar-refractivity contribution < 1.29 is 26.8 Å². The molecule has 0 heterocycles. The first-order valence-corrected chi connectivity index (χ1v) is 14.2. The van der Waals surface area contributed by atoms with Crippen molar-refractivity contribution >= 4 is 19.3 Å². The van der Waals surface area contributed by atoms with Gasteiger partial charge in [0.05, 0.1) is 8.07 Å². The first-order valence-electron chi connectivity index (χ1n) is 11.1. The van der Waals surface area contributed by atoms with Gasteiger partial charge in [0, 0.05) is 0 Å². The predicted octanol–water partition coefficient (Wildman–Crippen LogP) is 8.10. The molecule has 1 N–H and O–H groups in total. The Balaban J connectivity index is 0.00000256. The first kappa shape index (κ1) is 31.9. The molecule has 0 amide bonds. The van der Waals surface area contributed by atoms with Crippen LogP contribution in [0.3, 0.4) is 0 Å². The number of hydrogen-bond acceptors (Lipinski definition) is 1. The maximum Gasteiger partial charge on any atom is 3.00 e. The molecule has 2 aromatic rings. The summed E-state index contributed by atoms with van der Waals surface area (Å²) < 4.78 is 0. The molecule has 3 heteroatoms. The first-order chi connectivity index (χ1) is 13.5. The van der Waals surface area contributed by atoms with Gasteiger partial charge in [0.15, 0.2) is 0 Å². The van der Waals surface area contributed by atoms with E-state index in [-0.39, 0.29) is 49.4 Å². The smallest absolute Gasteiger partial charge is 0.508 e. The minimum atomic E-state index is -1.93. The van der Waals surface area contributed by atoms with Gasteiger partial charge in [-0.3, -0.25) is 0 Å². The average Bonchev–Trinajstić information content (AvgIpc) is 2.99. The van der Waals surface area contributed by atoms with Crippen LogP contribution >= 0.6 is 0 Å². The van der Waals surface area contributed by atoms with Crippen molar-refractivity contribution in [2.75, 3.05) is 0 Å². The van der Waals surface area contributed by atoms with E-state index in [4.69, 9.17) is 0 Å². The zero-order chi connectivity index (χ0) is 21.1. The molecule has 0 bridgehead atoms. The zero-order valence-corrected chi connectivity index (χ0v) is 25.1. The Morgan fingerprint density at radius 3 is 2.21 bits per heavy atom. The van der Waals surface area contributed by atoms with Crippen molar-refractivity contribution in [1.29, 1.82) is 0 Å². The van der Waals surface area contributed by atoms with E-state index >= 15 is 0 Å². The Morgan fingerprint density at radius 1 is 1.00 bits per heavy atom. The molecule has 3 unspecified atom stereocenters. The molecule has 1 radical (unpaired) electrons. The quantitative estimate of drug-likeness (QED) is 0.328. The van der Waals surface area contributed by atoms with Gasteiger partial charge in [-0.1, -0.05) is 94.9 Å². The van der Waals surface area contributed by atoms with Crippen LogP contribution in [-0.4, -0.2) is 13.2 Å². The van der Waals surface area contributed by atoms with E-state index in [1.165, 1.54) is 28.3 Å². The molecule has 0 spiro atoms. The molecule has 4 rings (SSSR count). The Kier molecular flexibility index (Phi) is 10.7. The molecule has 2 aromatic carbocycles. The van der Waals surface area contributed by atoms with Crippen LogP contribution in [0.5, 0.6) is 5.75 Å². The van der Waals surface area contributed by atoms with Crippen LogP contribution in [0.15, 0.2) is 42.5 Å². The van der Waals surface area contributed by atoms with E-state index in [1.807, 2.05) is 0 Å². The van der Waals surface area contributed by atoms with Crippen molar-refractivity contribution in [2.24, 2.45) is 11.8 Å². The summed E-state index contributed by atoms with van der Waals surface area (Å²) in [6, 6.07) is 13.4.